The van der Waals surface area contributed by atoms with Crippen molar-refractivity contribution in [3.8, 4) is 0 Å². The third-order valence-corrected chi connectivity index (χ3v) is 0.390. The van der Waals surface area contributed by atoms with Gasteiger partial charge >= 0.3 is 18.9 Å². The van der Waals surface area contributed by atoms with Gasteiger partial charge in [0.05, 0.1) is 13.4 Å². The van der Waals surface area contributed by atoms with Crippen LogP contribution in [0.2, 0.25) is 0 Å². The summed E-state index contributed by atoms with van der Waals surface area (Å²) >= 11 is 0. The van der Waals surface area contributed by atoms with Crippen LogP contribution in [0.15, 0.2) is 24.7 Å². The molecule has 0 radical (unpaired) electrons. The second-order valence-electron chi connectivity index (χ2n) is 1.00. The molecule has 0 fully saturated rings. The van der Waals surface area contributed by atoms with Gasteiger partial charge in [-0.1, -0.05) is 0 Å². The van der Waals surface area contributed by atoms with Crippen LogP contribution in [-0.4, -0.2) is 7.11 Å². The van der Waals surface area contributed by atoms with Gasteiger partial charge in [-0.05, 0) is 6.08 Å². The molecule has 2 nitrogen and oxygen atoms in total. The number of allylic oxidation sites excluding steroid dienone is 1. The molecule has 0 aliphatic heterocycles. The summed E-state index contributed by atoms with van der Waals surface area (Å²) in [6.45, 7) is 3.07. The van der Waals surface area contributed by atoms with E-state index in [0.717, 1.165) is 0 Å². The monoisotopic (exact) mass is 106 g/mol. The molecule has 0 aliphatic carbocycles. The average molecular weight is 106 g/mol. The number of rotatable bonds is 2. The predicted molar refractivity (Wildman–Crippen MR) is 25.3 cm³/mol. The standard InChI is InChI=1S/C5H8O2.Li/c1-5(6)3-4-7-2;/h3-4,6H,1H2,2H3;/q;+1/p-1/b4-3+;. The third kappa shape index (κ3) is 9.18. The van der Waals surface area contributed by atoms with Crippen LogP contribution in [0.5, 0.6) is 0 Å². The van der Waals surface area contributed by atoms with Crippen LogP contribution in [-0.2, 0) is 4.74 Å². The van der Waals surface area contributed by atoms with Crippen molar-refractivity contribution >= 4 is 0 Å². The smallest absolute Gasteiger partial charge is 0.873 e. The second kappa shape index (κ2) is 6.68. The molecule has 0 aromatic heterocycles. The minimum absolute atomic E-state index is 0. The molecule has 0 unspecified atom stereocenters. The van der Waals surface area contributed by atoms with Crippen molar-refractivity contribution in [3.05, 3.63) is 24.7 Å². The molecule has 3 heteroatoms. The van der Waals surface area contributed by atoms with Crippen LogP contribution in [0.25, 0.3) is 0 Å². The Hall–Kier alpha value is -0.323. The minimum Gasteiger partial charge on any atom is -0.873 e. The summed E-state index contributed by atoms with van der Waals surface area (Å²) < 4.78 is 4.41. The molecule has 0 amide bonds. The van der Waals surface area contributed by atoms with E-state index in [9.17, 15) is 5.11 Å². The van der Waals surface area contributed by atoms with Gasteiger partial charge in [-0.15, -0.1) is 12.3 Å². The molecule has 0 bridgehead atoms. The molecule has 0 heterocycles. The van der Waals surface area contributed by atoms with Gasteiger partial charge in [0.25, 0.3) is 0 Å². The average Bonchev–Trinajstić information content (AvgIpc) is 1.61. The van der Waals surface area contributed by atoms with Crippen molar-refractivity contribution in [1.82, 2.24) is 0 Å². The van der Waals surface area contributed by atoms with Crippen molar-refractivity contribution < 1.29 is 28.7 Å². The van der Waals surface area contributed by atoms with E-state index in [1.54, 1.807) is 0 Å². The van der Waals surface area contributed by atoms with Gasteiger partial charge in [0.15, 0.2) is 0 Å². The Kier molecular flexibility index (Phi) is 8.86. The van der Waals surface area contributed by atoms with Gasteiger partial charge in [-0.25, -0.2) is 0 Å². The third-order valence-electron chi connectivity index (χ3n) is 0.390. The van der Waals surface area contributed by atoms with Crippen molar-refractivity contribution in [2.24, 2.45) is 0 Å². The zero-order valence-corrected chi connectivity index (χ0v) is 5.18. The van der Waals surface area contributed by atoms with Gasteiger partial charge in [0.2, 0.25) is 0 Å². The first kappa shape index (κ1) is 10.6. The van der Waals surface area contributed by atoms with E-state index >= 15 is 0 Å². The maximum Gasteiger partial charge on any atom is 1.00 e. The van der Waals surface area contributed by atoms with Gasteiger partial charge < -0.3 is 9.84 Å². The van der Waals surface area contributed by atoms with E-state index in [1.165, 1.54) is 19.4 Å². The normalized spacial score (nSPS) is 8.12. The zero-order valence-electron chi connectivity index (χ0n) is 5.18. The molecule has 0 aliphatic rings. The molecule has 8 heavy (non-hydrogen) atoms. The van der Waals surface area contributed by atoms with Crippen LogP contribution < -0.4 is 24.0 Å². The fraction of sp³-hybridized carbons (Fsp3) is 0.200. The summed E-state index contributed by atoms with van der Waals surface area (Å²) in [7, 11) is 1.47. The summed E-state index contributed by atoms with van der Waals surface area (Å²) in [5.74, 6) is -0.248. The van der Waals surface area contributed by atoms with Gasteiger partial charge in [-0.2, -0.15) is 0 Å². The second-order valence-corrected chi connectivity index (χ2v) is 1.00. The molecule has 40 valence electrons. The first-order valence-corrected chi connectivity index (χ1v) is 1.82. The van der Waals surface area contributed by atoms with Crippen molar-refractivity contribution in [2.75, 3.05) is 7.11 Å². The zero-order chi connectivity index (χ0) is 5.70. The Labute approximate surface area is 61.0 Å². The van der Waals surface area contributed by atoms with Crippen LogP contribution in [0.3, 0.4) is 0 Å². The molecular formula is C5H7LiO2. The van der Waals surface area contributed by atoms with E-state index in [2.05, 4.69) is 11.3 Å². The van der Waals surface area contributed by atoms with E-state index in [0.29, 0.717) is 0 Å². The van der Waals surface area contributed by atoms with Crippen LogP contribution in [0.4, 0.5) is 0 Å². The van der Waals surface area contributed by atoms with Crippen molar-refractivity contribution in [1.29, 1.82) is 0 Å². The van der Waals surface area contributed by atoms with Gasteiger partial charge in [-0.3, -0.25) is 0 Å². The summed E-state index contributed by atoms with van der Waals surface area (Å²) in [5, 5.41) is 9.92. The molecule has 0 atom stereocenters. The fourth-order valence-electron chi connectivity index (χ4n) is 0.144. The Morgan fingerprint density at radius 2 is 2.25 bits per heavy atom. The van der Waals surface area contributed by atoms with Gasteiger partial charge in [0, 0.05) is 0 Å². The minimum atomic E-state index is -0.248. The number of ether oxygens (including phenoxy) is 1. The molecule has 0 saturated heterocycles. The summed E-state index contributed by atoms with van der Waals surface area (Å²) in [6.07, 6.45) is 2.54. The molecule has 0 aromatic rings. The van der Waals surface area contributed by atoms with Crippen molar-refractivity contribution in [3.63, 3.8) is 0 Å². The van der Waals surface area contributed by atoms with E-state index in [-0.39, 0.29) is 24.6 Å². The Balaban J connectivity index is 0. The van der Waals surface area contributed by atoms with E-state index in [4.69, 9.17) is 0 Å². The van der Waals surface area contributed by atoms with E-state index in [1.807, 2.05) is 0 Å². The topological polar surface area (TPSA) is 32.3 Å². The van der Waals surface area contributed by atoms with Crippen LogP contribution >= 0.6 is 0 Å². The maximum absolute atomic E-state index is 9.92. The number of hydrogen-bond donors (Lipinski definition) is 0. The molecule has 0 saturated carbocycles. The van der Waals surface area contributed by atoms with Gasteiger partial charge in [0.1, 0.15) is 0 Å². The Bertz CT molecular complexity index is 88.4. The number of hydrogen-bond acceptors (Lipinski definition) is 2. The van der Waals surface area contributed by atoms with Crippen LogP contribution in [0.1, 0.15) is 0 Å². The first-order valence-electron chi connectivity index (χ1n) is 1.82. The Morgan fingerprint density at radius 3 is 2.38 bits per heavy atom. The molecule has 0 N–H and O–H groups in total. The SMILES string of the molecule is C=C([O-])/C=C/OC.[Li+]. The van der Waals surface area contributed by atoms with Crippen LogP contribution in [0, 0.1) is 0 Å². The predicted octanol–water partition coefficient (Wildman–Crippen LogP) is -2.98. The van der Waals surface area contributed by atoms with E-state index < -0.39 is 0 Å². The summed E-state index contributed by atoms with van der Waals surface area (Å²) in [4.78, 5) is 0. The molecular weight excluding hydrogens is 99.0 g/mol. The van der Waals surface area contributed by atoms with Crippen molar-refractivity contribution in [2.45, 2.75) is 0 Å². The summed E-state index contributed by atoms with van der Waals surface area (Å²) in [5.41, 5.74) is 0. The quantitative estimate of drug-likeness (QED) is 0.214. The molecule has 0 aromatic carbocycles. The Morgan fingerprint density at radius 1 is 1.75 bits per heavy atom. The first-order chi connectivity index (χ1) is 3.27. The summed E-state index contributed by atoms with van der Waals surface area (Å²) in [6, 6.07) is 0. The molecule has 0 rings (SSSR count). The fourth-order valence-corrected chi connectivity index (χ4v) is 0.144. The number of methoxy groups -OCH3 is 1. The largest absolute Gasteiger partial charge is 1.00 e. The molecule has 0 spiro atoms. The maximum atomic E-state index is 9.92.